The van der Waals surface area contributed by atoms with Gasteiger partial charge in [0.25, 0.3) is 0 Å². The third-order valence-corrected chi connectivity index (χ3v) is 3.48. The summed E-state index contributed by atoms with van der Waals surface area (Å²) in [6.07, 6.45) is 3.04. The molecule has 0 saturated carbocycles. The first-order valence-corrected chi connectivity index (χ1v) is 6.20. The standard InChI is InChI=1S/C12H24N2O2/c1-4-12(3,9-15)13-10(2)11(16)14-7-5-6-8-14/h10,13,15H,4-9H2,1-3H3. The highest BCUT2D eigenvalue weighted by molar-refractivity contribution is 5.81. The van der Waals surface area contributed by atoms with Crippen molar-refractivity contribution in [1.82, 2.24) is 10.2 Å². The summed E-state index contributed by atoms with van der Waals surface area (Å²) in [7, 11) is 0. The van der Waals surface area contributed by atoms with Gasteiger partial charge >= 0.3 is 0 Å². The fraction of sp³-hybridized carbons (Fsp3) is 0.917. The van der Waals surface area contributed by atoms with Crippen molar-refractivity contribution < 1.29 is 9.90 Å². The summed E-state index contributed by atoms with van der Waals surface area (Å²) in [5, 5.41) is 12.5. The number of aliphatic hydroxyl groups is 1. The van der Waals surface area contributed by atoms with E-state index in [1.807, 2.05) is 25.7 Å². The zero-order valence-electron chi connectivity index (χ0n) is 10.6. The summed E-state index contributed by atoms with van der Waals surface area (Å²) in [6, 6.07) is -0.213. The van der Waals surface area contributed by atoms with Crippen molar-refractivity contribution in [3.63, 3.8) is 0 Å². The number of likely N-dealkylation sites (tertiary alicyclic amines) is 1. The van der Waals surface area contributed by atoms with Crippen LogP contribution in [0, 0.1) is 0 Å². The molecule has 0 aromatic heterocycles. The van der Waals surface area contributed by atoms with E-state index < -0.39 is 0 Å². The first-order valence-electron chi connectivity index (χ1n) is 6.20. The summed E-state index contributed by atoms with van der Waals surface area (Å²) >= 11 is 0. The second-order valence-corrected chi connectivity index (χ2v) is 4.97. The molecular formula is C12H24N2O2. The number of aliphatic hydroxyl groups excluding tert-OH is 1. The molecule has 0 aliphatic carbocycles. The smallest absolute Gasteiger partial charge is 0.239 e. The maximum Gasteiger partial charge on any atom is 0.239 e. The van der Waals surface area contributed by atoms with Gasteiger partial charge in [0.2, 0.25) is 5.91 Å². The lowest BCUT2D eigenvalue weighted by Crippen LogP contribution is -2.54. The Bertz CT molecular complexity index is 233. The van der Waals surface area contributed by atoms with Crippen molar-refractivity contribution in [2.75, 3.05) is 19.7 Å². The Morgan fingerprint density at radius 3 is 2.50 bits per heavy atom. The van der Waals surface area contributed by atoms with Gasteiger partial charge in [-0.25, -0.2) is 0 Å². The number of carbonyl (C=O) groups is 1. The van der Waals surface area contributed by atoms with Crippen LogP contribution >= 0.6 is 0 Å². The number of carbonyl (C=O) groups excluding carboxylic acids is 1. The molecule has 2 atom stereocenters. The van der Waals surface area contributed by atoms with Crippen LogP contribution < -0.4 is 5.32 Å². The lowest BCUT2D eigenvalue weighted by molar-refractivity contribution is -0.132. The van der Waals surface area contributed by atoms with Gasteiger partial charge in [-0.1, -0.05) is 6.92 Å². The van der Waals surface area contributed by atoms with Gasteiger partial charge in [0.15, 0.2) is 0 Å². The zero-order valence-corrected chi connectivity index (χ0v) is 10.6. The Balaban J connectivity index is 2.50. The molecule has 0 bridgehead atoms. The van der Waals surface area contributed by atoms with Crippen LogP contribution in [0.3, 0.4) is 0 Å². The molecule has 1 rings (SSSR count). The molecule has 1 amide bonds. The SMILES string of the molecule is CCC(C)(CO)NC(C)C(=O)N1CCCC1. The molecule has 0 aromatic carbocycles. The normalized spacial score (nSPS) is 21.9. The fourth-order valence-electron chi connectivity index (χ4n) is 2.06. The molecule has 2 unspecified atom stereocenters. The number of nitrogens with zero attached hydrogens (tertiary/aromatic N) is 1. The Morgan fingerprint density at radius 1 is 1.50 bits per heavy atom. The van der Waals surface area contributed by atoms with Crippen LogP contribution in [0.4, 0.5) is 0 Å². The van der Waals surface area contributed by atoms with Gasteiger partial charge < -0.3 is 10.0 Å². The molecule has 94 valence electrons. The van der Waals surface area contributed by atoms with Crippen LogP contribution in [-0.4, -0.2) is 47.2 Å². The van der Waals surface area contributed by atoms with E-state index in [0.29, 0.717) is 0 Å². The van der Waals surface area contributed by atoms with Gasteiger partial charge in [-0.15, -0.1) is 0 Å². The van der Waals surface area contributed by atoms with Crippen LogP contribution in [0.5, 0.6) is 0 Å². The molecule has 1 fully saturated rings. The van der Waals surface area contributed by atoms with Crippen molar-refractivity contribution in [3.05, 3.63) is 0 Å². The third kappa shape index (κ3) is 3.19. The van der Waals surface area contributed by atoms with Crippen LogP contribution in [0.1, 0.15) is 40.0 Å². The topological polar surface area (TPSA) is 52.6 Å². The molecule has 4 nitrogen and oxygen atoms in total. The number of hydrogen-bond donors (Lipinski definition) is 2. The van der Waals surface area contributed by atoms with E-state index in [-0.39, 0.29) is 24.1 Å². The quantitative estimate of drug-likeness (QED) is 0.730. The first kappa shape index (κ1) is 13.5. The molecule has 4 heteroatoms. The Hall–Kier alpha value is -0.610. The van der Waals surface area contributed by atoms with Crippen molar-refractivity contribution in [2.45, 2.75) is 51.6 Å². The largest absolute Gasteiger partial charge is 0.394 e. The predicted molar refractivity (Wildman–Crippen MR) is 64.2 cm³/mol. The average molecular weight is 228 g/mol. The van der Waals surface area contributed by atoms with Gasteiger partial charge in [-0.05, 0) is 33.1 Å². The maximum absolute atomic E-state index is 12.0. The summed E-state index contributed by atoms with van der Waals surface area (Å²) in [5.41, 5.74) is -0.352. The molecule has 0 aromatic rings. The minimum Gasteiger partial charge on any atom is -0.394 e. The van der Waals surface area contributed by atoms with Crippen LogP contribution in [0.25, 0.3) is 0 Å². The van der Waals surface area contributed by atoms with E-state index in [9.17, 15) is 9.90 Å². The van der Waals surface area contributed by atoms with Gasteiger partial charge in [-0.3, -0.25) is 10.1 Å². The van der Waals surface area contributed by atoms with E-state index in [4.69, 9.17) is 0 Å². The molecule has 2 N–H and O–H groups in total. The second-order valence-electron chi connectivity index (χ2n) is 4.97. The summed E-state index contributed by atoms with van der Waals surface area (Å²) in [6.45, 7) is 7.65. The Labute approximate surface area is 98.0 Å². The monoisotopic (exact) mass is 228 g/mol. The predicted octanol–water partition coefficient (Wildman–Crippen LogP) is 0.748. The fourth-order valence-corrected chi connectivity index (χ4v) is 2.06. The molecule has 0 radical (unpaired) electrons. The summed E-state index contributed by atoms with van der Waals surface area (Å²) in [4.78, 5) is 13.9. The highest BCUT2D eigenvalue weighted by atomic mass is 16.3. The van der Waals surface area contributed by atoms with Crippen LogP contribution in [0.15, 0.2) is 0 Å². The Kier molecular flexibility index (Phi) is 4.74. The highest BCUT2D eigenvalue weighted by Crippen LogP contribution is 2.13. The third-order valence-electron chi connectivity index (χ3n) is 3.48. The van der Waals surface area contributed by atoms with E-state index in [2.05, 4.69) is 5.32 Å². The molecule has 1 heterocycles. The summed E-state index contributed by atoms with van der Waals surface area (Å²) in [5.74, 6) is 0.158. The number of amides is 1. The van der Waals surface area contributed by atoms with Crippen molar-refractivity contribution in [3.8, 4) is 0 Å². The van der Waals surface area contributed by atoms with Gasteiger partial charge in [0.05, 0.1) is 12.6 Å². The summed E-state index contributed by atoms with van der Waals surface area (Å²) < 4.78 is 0. The molecule has 1 aliphatic rings. The molecule has 16 heavy (non-hydrogen) atoms. The number of rotatable bonds is 5. The van der Waals surface area contributed by atoms with Crippen LogP contribution in [0.2, 0.25) is 0 Å². The molecular weight excluding hydrogens is 204 g/mol. The number of nitrogens with one attached hydrogen (secondary N) is 1. The zero-order chi connectivity index (χ0) is 12.2. The van der Waals surface area contributed by atoms with E-state index in [1.165, 1.54) is 0 Å². The minimum atomic E-state index is -0.352. The lowest BCUT2D eigenvalue weighted by atomic mass is 9.99. The van der Waals surface area contributed by atoms with Gasteiger partial charge in [0, 0.05) is 18.6 Å². The average Bonchev–Trinajstić information content (AvgIpc) is 2.81. The maximum atomic E-state index is 12.0. The second kappa shape index (κ2) is 5.64. The van der Waals surface area contributed by atoms with Crippen LogP contribution in [-0.2, 0) is 4.79 Å². The van der Waals surface area contributed by atoms with E-state index in [1.54, 1.807) is 0 Å². The van der Waals surface area contributed by atoms with Gasteiger partial charge in [-0.2, -0.15) is 0 Å². The molecule has 1 aliphatic heterocycles. The molecule has 0 spiro atoms. The van der Waals surface area contributed by atoms with Crippen molar-refractivity contribution in [1.29, 1.82) is 0 Å². The first-order chi connectivity index (χ1) is 7.52. The van der Waals surface area contributed by atoms with Crippen molar-refractivity contribution in [2.24, 2.45) is 0 Å². The number of hydrogen-bond acceptors (Lipinski definition) is 3. The lowest BCUT2D eigenvalue weighted by Gasteiger charge is -2.32. The highest BCUT2D eigenvalue weighted by Gasteiger charge is 2.29. The Morgan fingerprint density at radius 2 is 2.06 bits per heavy atom. The van der Waals surface area contributed by atoms with E-state index >= 15 is 0 Å². The van der Waals surface area contributed by atoms with Crippen molar-refractivity contribution >= 4 is 5.91 Å². The minimum absolute atomic E-state index is 0.0567. The molecule has 1 saturated heterocycles. The van der Waals surface area contributed by atoms with E-state index in [0.717, 1.165) is 32.4 Å². The van der Waals surface area contributed by atoms with Gasteiger partial charge in [0.1, 0.15) is 0 Å².